The second kappa shape index (κ2) is 8.40. The minimum atomic E-state index is -0.564. The second-order valence-electron chi connectivity index (χ2n) is 8.84. The summed E-state index contributed by atoms with van der Waals surface area (Å²) in [6, 6.07) is 10.4. The van der Waals surface area contributed by atoms with Crippen molar-refractivity contribution >= 4 is 23.7 Å². The number of rotatable bonds is 7. The summed E-state index contributed by atoms with van der Waals surface area (Å²) < 4.78 is 11.1. The summed E-state index contributed by atoms with van der Waals surface area (Å²) in [4.78, 5) is 36.8. The predicted octanol–water partition coefficient (Wildman–Crippen LogP) is 3.63. The normalized spacial score (nSPS) is 24.8. The lowest BCUT2D eigenvalue weighted by Gasteiger charge is -2.13. The predicted molar refractivity (Wildman–Crippen MR) is 122 cm³/mol. The maximum absolute atomic E-state index is 12.8. The number of nitro benzene ring substituents is 1. The van der Waals surface area contributed by atoms with Gasteiger partial charge in [0.1, 0.15) is 6.61 Å². The number of allylic oxidation sites excluding steroid dienone is 2. The van der Waals surface area contributed by atoms with Crippen molar-refractivity contribution in [1.82, 2.24) is 5.01 Å². The number of hydrogen-bond acceptors (Lipinski definition) is 7. The first-order valence-electron chi connectivity index (χ1n) is 11.0. The lowest BCUT2D eigenvalue weighted by molar-refractivity contribution is -0.386. The molecule has 9 nitrogen and oxygen atoms in total. The van der Waals surface area contributed by atoms with Gasteiger partial charge in [-0.25, -0.2) is 0 Å². The first kappa shape index (κ1) is 21.8. The molecule has 2 aliphatic carbocycles. The topological polar surface area (TPSA) is 111 Å². The third kappa shape index (κ3) is 3.63. The van der Waals surface area contributed by atoms with Crippen molar-refractivity contribution in [2.24, 2.45) is 28.8 Å². The van der Waals surface area contributed by atoms with E-state index in [1.807, 2.05) is 43.3 Å². The van der Waals surface area contributed by atoms with Crippen LogP contribution in [-0.2, 0) is 16.2 Å². The van der Waals surface area contributed by atoms with E-state index < -0.39 is 4.92 Å². The zero-order chi connectivity index (χ0) is 24.0. The molecule has 2 bridgehead atoms. The minimum Gasteiger partial charge on any atom is -0.493 e. The van der Waals surface area contributed by atoms with Crippen LogP contribution in [0.3, 0.4) is 0 Å². The fraction of sp³-hybridized carbons (Fsp3) is 0.320. The molecule has 2 aromatic carbocycles. The SMILES string of the molecule is COc1cc(C=NN2C(=O)C3C4C=CC(C4)C3C2=O)cc([N+](=O)[O-])c1OCc1cccc(C)c1. The Labute approximate surface area is 195 Å². The van der Waals surface area contributed by atoms with Gasteiger partial charge in [0.25, 0.3) is 11.8 Å². The van der Waals surface area contributed by atoms with Gasteiger partial charge in [-0.15, -0.1) is 0 Å². The van der Waals surface area contributed by atoms with E-state index in [0.717, 1.165) is 22.6 Å². The molecule has 2 amide bonds. The van der Waals surface area contributed by atoms with Crippen molar-refractivity contribution in [2.45, 2.75) is 20.0 Å². The molecule has 3 aliphatic rings. The molecular formula is C25H23N3O6. The molecule has 4 atom stereocenters. The van der Waals surface area contributed by atoms with Gasteiger partial charge in [0.05, 0.1) is 30.1 Å². The largest absolute Gasteiger partial charge is 0.493 e. The average molecular weight is 461 g/mol. The summed E-state index contributed by atoms with van der Waals surface area (Å²) in [5.74, 6) is -1.04. The molecule has 1 heterocycles. The fourth-order valence-corrected chi connectivity index (χ4v) is 5.20. The van der Waals surface area contributed by atoms with E-state index in [1.165, 1.54) is 25.5 Å². The number of carbonyl (C=O) groups excluding carboxylic acids is 2. The standard InChI is InChI=1S/C25H23N3O6/c1-14-4-3-5-15(8-14)13-34-23-19(28(31)32)9-16(10-20(23)33-2)12-26-27-24(29)21-17-6-7-18(11-17)22(21)25(27)30/h3-10,12,17-18,21-22H,11,13H2,1-2H3. The number of amides is 2. The highest BCUT2D eigenvalue weighted by Gasteiger charge is 2.59. The smallest absolute Gasteiger partial charge is 0.315 e. The number of carbonyl (C=O) groups is 2. The molecule has 5 rings (SSSR count). The summed E-state index contributed by atoms with van der Waals surface area (Å²) in [6.45, 7) is 2.08. The Morgan fingerprint density at radius 1 is 1.15 bits per heavy atom. The Bertz CT molecular complexity index is 1220. The van der Waals surface area contributed by atoms with Crippen LogP contribution in [0.15, 0.2) is 53.7 Å². The van der Waals surface area contributed by atoms with Gasteiger partial charge in [-0.3, -0.25) is 19.7 Å². The van der Waals surface area contributed by atoms with Crippen LogP contribution in [0.4, 0.5) is 5.69 Å². The molecule has 4 unspecified atom stereocenters. The van der Waals surface area contributed by atoms with Crippen LogP contribution < -0.4 is 9.47 Å². The first-order valence-corrected chi connectivity index (χ1v) is 11.0. The number of fused-ring (bicyclic) bond motifs is 5. The molecule has 174 valence electrons. The van der Waals surface area contributed by atoms with Crippen molar-refractivity contribution < 1.29 is 24.0 Å². The second-order valence-corrected chi connectivity index (χ2v) is 8.84. The third-order valence-electron chi connectivity index (χ3n) is 6.71. The molecule has 0 radical (unpaired) electrons. The van der Waals surface area contributed by atoms with Crippen LogP contribution in [0.1, 0.15) is 23.1 Å². The molecule has 0 aromatic heterocycles. The van der Waals surface area contributed by atoms with Gasteiger partial charge in [0.15, 0.2) is 5.75 Å². The van der Waals surface area contributed by atoms with Gasteiger partial charge < -0.3 is 9.47 Å². The highest BCUT2D eigenvalue weighted by Crippen LogP contribution is 2.52. The summed E-state index contributed by atoms with van der Waals surface area (Å²) in [7, 11) is 1.39. The molecule has 2 fully saturated rings. The molecule has 1 aliphatic heterocycles. The minimum absolute atomic E-state index is 0.00309. The Balaban J connectivity index is 1.40. The average Bonchev–Trinajstić information content (AvgIpc) is 3.50. The van der Waals surface area contributed by atoms with Crippen LogP contribution in [0.5, 0.6) is 11.5 Å². The van der Waals surface area contributed by atoms with Crippen LogP contribution in [0.25, 0.3) is 0 Å². The summed E-state index contributed by atoms with van der Waals surface area (Å²) >= 11 is 0. The van der Waals surface area contributed by atoms with Gasteiger partial charge >= 0.3 is 5.69 Å². The van der Waals surface area contributed by atoms with Gasteiger partial charge in [-0.1, -0.05) is 42.0 Å². The molecular weight excluding hydrogens is 438 g/mol. The number of nitro groups is 1. The zero-order valence-corrected chi connectivity index (χ0v) is 18.7. The first-order chi connectivity index (χ1) is 16.4. The number of imide groups is 1. The van der Waals surface area contributed by atoms with E-state index in [-0.39, 0.29) is 59.3 Å². The van der Waals surface area contributed by atoms with E-state index in [9.17, 15) is 19.7 Å². The molecule has 2 aromatic rings. The van der Waals surface area contributed by atoms with Crippen molar-refractivity contribution in [2.75, 3.05) is 7.11 Å². The van der Waals surface area contributed by atoms with Crippen LogP contribution in [0, 0.1) is 40.7 Å². The molecule has 34 heavy (non-hydrogen) atoms. The van der Waals surface area contributed by atoms with Crippen LogP contribution in [-0.4, -0.2) is 35.1 Å². The Kier molecular flexibility index (Phi) is 5.39. The number of hydrogen-bond donors (Lipinski definition) is 0. The molecule has 1 saturated heterocycles. The van der Waals surface area contributed by atoms with Gasteiger partial charge in [0, 0.05) is 11.6 Å². The molecule has 1 saturated carbocycles. The lowest BCUT2D eigenvalue weighted by Crippen LogP contribution is -2.28. The van der Waals surface area contributed by atoms with E-state index in [0.29, 0.717) is 5.56 Å². The lowest BCUT2D eigenvalue weighted by atomic mass is 9.85. The number of nitrogens with zero attached hydrogens (tertiary/aromatic N) is 3. The number of methoxy groups -OCH3 is 1. The summed E-state index contributed by atoms with van der Waals surface area (Å²) in [6.07, 6.45) is 6.12. The Hall–Kier alpha value is -4.01. The van der Waals surface area contributed by atoms with Gasteiger partial charge in [-0.05, 0) is 36.8 Å². The quantitative estimate of drug-likeness (QED) is 0.205. The van der Waals surface area contributed by atoms with Crippen molar-refractivity contribution in [3.05, 3.63) is 75.4 Å². The fourth-order valence-electron chi connectivity index (χ4n) is 5.20. The van der Waals surface area contributed by atoms with E-state index in [4.69, 9.17) is 9.47 Å². The molecule has 0 spiro atoms. The van der Waals surface area contributed by atoms with Crippen molar-refractivity contribution in [3.63, 3.8) is 0 Å². The van der Waals surface area contributed by atoms with Crippen LogP contribution in [0.2, 0.25) is 0 Å². The summed E-state index contributed by atoms with van der Waals surface area (Å²) in [5, 5.41) is 16.8. The maximum atomic E-state index is 12.8. The number of aryl methyl sites for hydroxylation is 1. The maximum Gasteiger partial charge on any atom is 0.315 e. The number of benzene rings is 2. The Morgan fingerprint density at radius 2 is 1.85 bits per heavy atom. The third-order valence-corrected chi connectivity index (χ3v) is 6.71. The van der Waals surface area contributed by atoms with Crippen molar-refractivity contribution in [1.29, 1.82) is 0 Å². The molecule has 0 N–H and O–H groups in total. The van der Waals surface area contributed by atoms with Gasteiger partial charge in [0.2, 0.25) is 5.75 Å². The monoisotopic (exact) mass is 461 g/mol. The van der Waals surface area contributed by atoms with Crippen molar-refractivity contribution in [3.8, 4) is 11.5 Å². The van der Waals surface area contributed by atoms with E-state index in [2.05, 4.69) is 5.10 Å². The zero-order valence-electron chi connectivity index (χ0n) is 18.7. The summed E-state index contributed by atoms with van der Waals surface area (Å²) in [5.41, 5.74) is 1.92. The Morgan fingerprint density at radius 3 is 2.47 bits per heavy atom. The molecule has 9 heteroatoms. The van der Waals surface area contributed by atoms with E-state index in [1.54, 1.807) is 0 Å². The highest BCUT2D eigenvalue weighted by molar-refractivity contribution is 6.06. The number of ether oxygens (including phenoxy) is 2. The number of hydrazone groups is 1. The van der Waals surface area contributed by atoms with E-state index >= 15 is 0 Å². The highest BCUT2D eigenvalue weighted by atomic mass is 16.6. The van der Waals surface area contributed by atoms with Gasteiger partial charge in [-0.2, -0.15) is 10.1 Å². The van der Waals surface area contributed by atoms with Crippen LogP contribution >= 0.6 is 0 Å².